The first kappa shape index (κ1) is 16.5. The van der Waals surface area contributed by atoms with Crippen molar-refractivity contribution >= 4 is 23.4 Å². The van der Waals surface area contributed by atoms with Gasteiger partial charge in [0, 0.05) is 27.1 Å². The third-order valence-corrected chi connectivity index (χ3v) is 4.31. The summed E-state index contributed by atoms with van der Waals surface area (Å²) in [5.74, 6) is -0.604. The molecule has 3 rings (SSSR count). The first-order chi connectivity index (χ1) is 11.5. The van der Waals surface area contributed by atoms with E-state index in [-0.39, 0.29) is 12.5 Å². The Labute approximate surface area is 139 Å². The van der Waals surface area contributed by atoms with Crippen molar-refractivity contribution in [2.24, 2.45) is 0 Å². The van der Waals surface area contributed by atoms with E-state index in [1.807, 2.05) is 4.90 Å². The molecule has 1 aromatic carbocycles. The highest BCUT2D eigenvalue weighted by molar-refractivity contribution is 5.94. The molecule has 2 saturated heterocycles. The van der Waals surface area contributed by atoms with Crippen LogP contribution in [0.1, 0.15) is 6.92 Å². The molecule has 24 heavy (non-hydrogen) atoms. The van der Waals surface area contributed by atoms with Gasteiger partial charge in [-0.15, -0.1) is 0 Å². The topological polar surface area (TPSA) is 62.3 Å². The van der Waals surface area contributed by atoms with E-state index in [9.17, 15) is 14.0 Å². The first-order valence-electron chi connectivity index (χ1n) is 7.82. The van der Waals surface area contributed by atoms with E-state index < -0.39 is 18.1 Å². The fourth-order valence-corrected chi connectivity index (χ4v) is 2.87. The number of hydrogen-bond donors (Lipinski definition) is 0. The minimum atomic E-state index is -0.684. The molecule has 0 N–H and O–H groups in total. The van der Waals surface area contributed by atoms with Gasteiger partial charge >= 0.3 is 6.09 Å². The van der Waals surface area contributed by atoms with Gasteiger partial charge in [0.1, 0.15) is 5.82 Å². The number of morpholine rings is 1. The Bertz CT molecular complexity index is 648. The van der Waals surface area contributed by atoms with Crippen molar-refractivity contribution < 1.29 is 23.5 Å². The van der Waals surface area contributed by atoms with Gasteiger partial charge in [-0.2, -0.15) is 0 Å². The van der Waals surface area contributed by atoms with Gasteiger partial charge in [0.2, 0.25) is 5.91 Å². The highest BCUT2D eigenvalue weighted by Gasteiger charge is 2.38. The van der Waals surface area contributed by atoms with E-state index >= 15 is 0 Å². The molecular formula is C16H20FN3O4. The fourth-order valence-electron chi connectivity index (χ4n) is 2.87. The van der Waals surface area contributed by atoms with E-state index in [4.69, 9.17) is 9.47 Å². The van der Waals surface area contributed by atoms with Crippen LogP contribution in [0, 0.1) is 5.82 Å². The third kappa shape index (κ3) is 3.01. The van der Waals surface area contributed by atoms with Crippen molar-refractivity contribution in [1.82, 2.24) is 4.90 Å². The van der Waals surface area contributed by atoms with Gasteiger partial charge in [-0.05, 0) is 12.1 Å². The predicted octanol–water partition coefficient (Wildman–Crippen LogP) is 1.42. The second-order valence-corrected chi connectivity index (χ2v) is 5.79. The number of cyclic esters (lactones) is 1. The molecule has 0 aliphatic carbocycles. The molecule has 130 valence electrons. The average Bonchev–Trinajstić information content (AvgIpc) is 2.96. The van der Waals surface area contributed by atoms with E-state index in [1.54, 1.807) is 19.2 Å². The van der Waals surface area contributed by atoms with E-state index in [0.717, 1.165) is 0 Å². The van der Waals surface area contributed by atoms with Gasteiger partial charge in [0.25, 0.3) is 0 Å². The normalized spacial score (nSPS) is 21.0. The van der Waals surface area contributed by atoms with E-state index in [2.05, 4.69) is 0 Å². The number of amides is 2. The molecule has 1 unspecified atom stereocenters. The quantitative estimate of drug-likeness (QED) is 0.835. The van der Waals surface area contributed by atoms with Crippen molar-refractivity contribution in [2.75, 3.05) is 49.7 Å². The van der Waals surface area contributed by atoms with Gasteiger partial charge < -0.3 is 19.3 Å². The summed E-state index contributed by atoms with van der Waals surface area (Å²) in [6.07, 6.45) is -1.27. The molecule has 2 aliphatic rings. The highest BCUT2D eigenvalue weighted by atomic mass is 19.1. The molecule has 0 spiro atoms. The Balaban J connectivity index is 1.90. The Hall–Kier alpha value is -2.35. The lowest BCUT2D eigenvalue weighted by atomic mass is 10.2. The number of rotatable bonds is 3. The number of nitrogens with zero attached hydrogens (tertiary/aromatic N) is 3. The van der Waals surface area contributed by atoms with Crippen molar-refractivity contribution in [3.05, 3.63) is 24.0 Å². The summed E-state index contributed by atoms with van der Waals surface area (Å²) in [7, 11) is 1.57. The molecule has 1 atom stereocenters. The summed E-state index contributed by atoms with van der Waals surface area (Å²) in [6.45, 7) is 3.68. The van der Waals surface area contributed by atoms with Gasteiger partial charge in [0.05, 0.1) is 31.1 Å². The lowest BCUT2D eigenvalue weighted by molar-refractivity contribution is -0.134. The van der Waals surface area contributed by atoms with Crippen molar-refractivity contribution in [1.29, 1.82) is 0 Å². The summed E-state index contributed by atoms with van der Waals surface area (Å²) in [4.78, 5) is 28.3. The third-order valence-electron chi connectivity index (χ3n) is 4.31. The van der Waals surface area contributed by atoms with Crippen molar-refractivity contribution in [3.63, 3.8) is 0 Å². The molecule has 0 radical (unpaired) electrons. The zero-order valence-corrected chi connectivity index (χ0v) is 13.7. The Morgan fingerprint density at radius 2 is 2.04 bits per heavy atom. The summed E-state index contributed by atoms with van der Waals surface area (Å²) in [5, 5.41) is 0. The molecule has 2 aliphatic heterocycles. The Kier molecular flexibility index (Phi) is 4.57. The number of likely N-dealkylation sites (N-methyl/N-ethyl adjacent to an activating group) is 1. The molecule has 0 aromatic heterocycles. The number of para-hydroxylation sites is 1. The number of ether oxygens (including phenoxy) is 2. The number of anilines is 2. The lowest BCUT2D eigenvalue weighted by Gasteiger charge is -2.32. The van der Waals surface area contributed by atoms with E-state index in [1.165, 1.54) is 22.8 Å². The predicted molar refractivity (Wildman–Crippen MR) is 85.5 cm³/mol. The zero-order valence-electron chi connectivity index (χ0n) is 13.7. The SMILES string of the molecule is CC(=O)N(C)C1CN(c2cccc(F)c2N2CCOCC2)C(=O)O1. The minimum Gasteiger partial charge on any atom is -0.423 e. The molecule has 0 saturated carbocycles. The summed E-state index contributed by atoms with van der Waals surface area (Å²) >= 11 is 0. The molecule has 2 fully saturated rings. The molecule has 0 bridgehead atoms. The smallest absolute Gasteiger partial charge is 0.416 e. The molecule has 8 heteroatoms. The number of benzene rings is 1. The summed E-state index contributed by atoms with van der Waals surface area (Å²) in [5.41, 5.74) is 0.810. The van der Waals surface area contributed by atoms with Gasteiger partial charge in [0.15, 0.2) is 6.23 Å². The van der Waals surface area contributed by atoms with Crippen LogP contribution in [0.3, 0.4) is 0 Å². The fraction of sp³-hybridized carbons (Fsp3) is 0.500. The minimum absolute atomic E-state index is 0.162. The number of halogens is 1. The maximum Gasteiger partial charge on any atom is 0.416 e. The largest absolute Gasteiger partial charge is 0.423 e. The van der Waals surface area contributed by atoms with Crippen LogP contribution in [-0.4, -0.2) is 63.0 Å². The van der Waals surface area contributed by atoms with Crippen LogP contribution in [0.15, 0.2) is 18.2 Å². The number of carbonyl (C=O) groups excluding carboxylic acids is 2. The highest BCUT2D eigenvalue weighted by Crippen LogP contribution is 2.35. The maximum absolute atomic E-state index is 14.5. The number of hydrogen-bond acceptors (Lipinski definition) is 5. The maximum atomic E-state index is 14.5. The Morgan fingerprint density at radius 3 is 2.71 bits per heavy atom. The summed E-state index contributed by atoms with van der Waals surface area (Å²) < 4.78 is 25.0. The van der Waals surface area contributed by atoms with Crippen LogP contribution in [0.4, 0.5) is 20.6 Å². The van der Waals surface area contributed by atoms with Gasteiger partial charge in [-0.3, -0.25) is 9.69 Å². The molecule has 1 aromatic rings. The van der Waals surface area contributed by atoms with Crippen LogP contribution in [0.25, 0.3) is 0 Å². The van der Waals surface area contributed by atoms with Crippen LogP contribution < -0.4 is 9.80 Å². The zero-order chi connectivity index (χ0) is 17.3. The van der Waals surface area contributed by atoms with Crippen LogP contribution >= 0.6 is 0 Å². The van der Waals surface area contributed by atoms with Crippen LogP contribution in [0.5, 0.6) is 0 Å². The molecular weight excluding hydrogens is 317 g/mol. The molecule has 7 nitrogen and oxygen atoms in total. The monoisotopic (exact) mass is 337 g/mol. The van der Waals surface area contributed by atoms with Crippen LogP contribution in [0.2, 0.25) is 0 Å². The lowest BCUT2D eigenvalue weighted by Crippen LogP contribution is -2.40. The molecule has 2 amide bonds. The standard InChI is InChI=1S/C16H20FN3O4/c1-11(21)18(2)14-10-20(16(22)24-14)13-5-3-4-12(17)15(13)19-6-8-23-9-7-19/h3-5,14H,6-10H2,1-2H3. The number of carbonyl (C=O) groups is 2. The average molecular weight is 337 g/mol. The van der Waals surface area contributed by atoms with E-state index in [0.29, 0.717) is 37.7 Å². The second kappa shape index (κ2) is 6.64. The van der Waals surface area contributed by atoms with Crippen LogP contribution in [-0.2, 0) is 14.3 Å². The van der Waals surface area contributed by atoms with Gasteiger partial charge in [-0.1, -0.05) is 6.07 Å². The summed E-state index contributed by atoms with van der Waals surface area (Å²) in [6, 6.07) is 4.62. The first-order valence-corrected chi connectivity index (χ1v) is 7.82. The van der Waals surface area contributed by atoms with Gasteiger partial charge in [-0.25, -0.2) is 9.18 Å². The Morgan fingerprint density at radius 1 is 1.33 bits per heavy atom. The van der Waals surface area contributed by atoms with Crippen molar-refractivity contribution in [2.45, 2.75) is 13.2 Å². The van der Waals surface area contributed by atoms with Crippen molar-refractivity contribution in [3.8, 4) is 0 Å². The molecule has 2 heterocycles. The second-order valence-electron chi connectivity index (χ2n) is 5.79.